The molecule has 1 N–H and O–H groups in total. The number of aromatic nitrogens is 3. The van der Waals surface area contributed by atoms with Crippen molar-refractivity contribution in [3.8, 4) is 0 Å². The fourth-order valence-electron chi connectivity index (χ4n) is 4.01. The number of pyridine rings is 1. The van der Waals surface area contributed by atoms with E-state index >= 15 is 0 Å². The van der Waals surface area contributed by atoms with Crippen LogP contribution in [-0.4, -0.2) is 38.2 Å². The van der Waals surface area contributed by atoms with Gasteiger partial charge in [0.05, 0.1) is 11.2 Å². The Balaban J connectivity index is 1.28. The Morgan fingerprint density at radius 3 is 2.67 bits per heavy atom. The number of nitrogens with one attached hydrogen (secondary N) is 1. The first-order valence-corrected chi connectivity index (χ1v) is 11.0. The van der Waals surface area contributed by atoms with E-state index < -0.39 is 0 Å². The topological polar surface area (TPSA) is 88.1 Å². The van der Waals surface area contributed by atoms with Crippen molar-refractivity contribution in [1.29, 1.82) is 0 Å². The van der Waals surface area contributed by atoms with Crippen LogP contribution in [0.1, 0.15) is 44.5 Å². The highest BCUT2D eigenvalue weighted by Crippen LogP contribution is 2.21. The lowest BCUT2D eigenvalue weighted by atomic mass is 10.0. The number of anilines is 1. The summed E-state index contributed by atoms with van der Waals surface area (Å²) in [6.45, 7) is 3.07. The molecular formula is C26H23N5O2. The molecule has 0 fully saturated rings. The first-order chi connectivity index (χ1) is 16.1. The molecule has 1 aliphatic heterocycles. The summed E-state index contributed by atoms with van der Waals surface area (Å²) >= 11 is 0. The Morgan fingerprint density at radius 1 is 1.03 bits per heavy atom. The molecule has 1 aliphatic rings. The Bertz CT molecular complexity index is 1350. The third-order valence-electron chi connectivity index (χ3n) is 5.92. The maximum atomic E-state index is 13.1. The number of carbonyl (C=O) groups excluding carboxylic acids is 2. The van der Waals surface area contributed by atoms with Crippen LogP contribution in [0.2, 0.25) is 0 Å². The predicted octanol–water partition coefficient (Wildman–Crippen LogP) is 4.04. The molecule has 4 aromatic rings. The van der Waals surface area contributed by atoms with Crippen molar-refractivity contribution >= 4 is 28.7 Å². The molecule has 33 heavy (non-hydrogen) atoms. The number of aryl methyl sites for hydroxylation is 1. The van der Waals surface area contributed by atoms with E-state index in [0.29, 0.717) is 30.6 Å². The lowest BCUT2D eigenvalue weighted by Gasteiger charge is -2.28. The molecule has 0 atom stereocenters. The molecule has 0 unspecified atom stereocenters. The summed E-state index contributed by atoms with van der Waals surface area (Å²) in [7, 11) is 0. The standard InChI is InChI=1S/C26H23N5O2/c1-2-17-5-7-18(8-6-17)24(32)30-26-28-15-21-16-31(13-11-23(21)29-26)25(33)20-9-10-22-19(14-20)4-3-12-27-22/h3-10,12,14-15H,2,11,13,16H2,1H3,(H,28,29,30,32). The minimum atomic E-state index is -0.240. The van der Waals surface area contributed by atoms with Crippen molar-refractivity contribution in [2.75, 3.05) is 11.9 Å². The predicted molar refractivity (Wildman–Crippen MR) is 126 cm³/mol. The van der Waals surface area contributed by atoms with Gasteiger partial charge in [-0.1, -0.05) is 25.1 Å². The SMILES string of the molecule is CCc1ccc(C(=O)Nc2ncc3c(n2)CCN(C(=O)c2ccc4ncccc4c2)C3)cc1. The summed E-state index contributed by atoms with van der Waals surface area (Å²) in [6.07, 6.45) is 4.96. The molecule has 0 saturated carbocycles. The van der Waals surface area contributed by atoms with Gasteiger partial charge in [-0.2, -0.15) is 0 Å². The van der Waals surface area contributed by atoms with Crippen molar-refractivity contribution in [1.82, 2.24) is 19.9 Å². The third-order valence-corrected chi connectivity index (χ3v) is 5.92. The van der Waals surface area contributed by atoms with Crippen LogP contribution in [0.15, 0.2) is 67.0 Å². The van der Waals surface area contributed by atoms with Gasteiger partial charge >= 0.3 is 0 Å². The third kappa shape index (κ3) is 4.30. The number of carbonyl (C=O) groups is 2. The van der Waals surface area contributed by atoms with Gasteiger partial charge in [0.25, 0.3) is 11.8 Å². The minimum Gasteiger partial charge on any atom is -0.334 e. The molecule has 7 nitrogen and oxygen atoms in total. The van der Waals surface area contributed by atoms with Crippen LogP contribution in [0.25, 0.3) is 10.9 Å². The van der Waals surface area contributed by atoms with Crippen molar-refractivity contribution in [2.45, 2.75) is 26.3 Å². The van der Waals surface area contributed by atoms with E-state index in [2.05, 4.69) is 27.2 Å². The van der Waals surface area contributed by atoms with Gasteiger partial charge in [-0.3, -0.25) is 19.9 Å². The Kier molecular flexibility index (Phi) is 5.52. The first-order valence-electron chi connectivity index (χ1n) is 11.0. The van der Waals surface area contributed by atoms with E-state index in [-0.39, 0.29) is 17.8 Å². The van der Waals surface area contributed by atoms with E-state index in [1.54, 1.807) is 29.4 Å². The minimum absolute atomic E-state index is 0.0284. The van der Waals surface area contributed by atoms with E-state index in [1.165, 1.54) is 5.56 Å². The van der Waals surface area contributed by atoms with E-state index in [1.807, 2.05) is 42.5 Å². The molecule has 3 heterocycles. The average molecular weight is 438 g/mol. The number of amides is 2. The number of benzene rings is 2. The van der Waals surface area contributed by atoms with Gasteiger partial charge in [0, 0.05) is 54.0 Å². The molecule has 2 aromatic heterocycles. The highest BCUT2D eigenvalue weighted by atomic mass is 16.2. The van der Waals surface area contributed by atoms with Crippen LogP contribution in [0.3, 0.4) is 0 Å². The zero-order valence-electron chi connectivity index (χ0n) is 18.3. The second-order valence-corrected chi connectivity index (χ2v) is 8.06. The van der Waals surface area contributed by atoms with Gasteiger partial charge in [0.15, 0.2) is 0 Å². The molecule has 7 heteroatoms. The molecular weight excluding hydrogens is 414 g/mol. The quantitative estimate of drug-likeness (QED) is 0.521. The normalized spacial score (nSPS) is 12.9. The van der Waals surface area contributed by atoms with Gasteiger partial charge in [0.1, 0.15) is 0 Å². The zero-order chi connectivity index (χ0) is 22.8. The molecule has 164 valence electrons. The largest absolute Gasteiger partial charge is 0.334 e. The number of rotatable bonds is 4. The Labute approximate surface area is 191 Å². The molecule has 2 amide bonds. The molecule has 0 aliphatic carbocycles. The van der Waals surface area contributed by atoms with Crippen LogP contribution >= 0.6 is 0 Å². The number of hydrogen-bond donors (Lipinski definition) is 1. The maximum Gasteiger partial charge on any atom is 0.258 e. The summed E-state index contributed by atoms with van der Waals surface area (Å²) < 4.78 is 0. The maximum absolute atomic E-state index is 13.1. The zero-order valence-corrected chi connectivity index (χ0v) is 18.3. The van der Waals surface area contributed by atoms with Crippen LogP contribution in [0.4, 0.5) is 5.95 Å². The molecule has 0 saturated heterocycles. The summed E-state index contributed by atoms with van der Waals surface area (Å²) in [5, 5.41) is 3.71. The van der Waals surface area contributed by atoms with E-state index in [9.17, 15) is 9.59 Å². The highest BCUT2D eigenvalue weighted by Gasteiger charge is 2.24. The highest BCUT2D eigenvalue weighted by molar-refractivity contribution is 6.03. The van der Waals surface area contributed by atoms with Crippen LogP contribution < -0.4 is 5.32 Å². The van der Waals surface area contributed by atoms with Gasteiger partial charge in [0.2, 0.25) is 5.95 Å². The summed E-state index contributed by atoms with van der Waals surface area (Å²) in [5.41, 5.74) is 4.99. The fourth-order valence-corrected chi connectivity index (χ4v) is 4.01. The second-order valence-electron chi connectivity index (χ2n) is 8.06. The van der Waals surface area contributed by atoms with Crippen LogP contribution in [0, 0.1) is 0 Å². The molecule has 0 radical (unpaired) electrons. The average Bonchev–Trinajstić information content (AvgIpc) is 2.87. The number of hydrogen-bond acceptors (Lipinski definition) is 5. The molecule has 2 aromatic carbocycles. The van der Waals surface area contributed by atoms with Crippen molar-refractivity contribution in [3.63, 3.8) is 0 Å². The second kappa shape index (κ2) is 8.78. The summed E-state index contributed by atoms with van der Waals surface area (Å²) in [5.74, 6) is 0.00967. The Hall–Kier alpha value is -4.13. The van der Waals surface area contributed by atoms with Crippen molar-refractivity contribution in [2.24, 2.45) is 0 Å². The monoisotopic (exact) mass is 437 g/mol. The van der Waals surface area contributed by atoms with Gasteiger partial charge in [-0.05, 0) is 48.4 Å². The summed E-state index contributed by atoms with van der Waals surface area (Å²) in [6, 6.07) is 16.9. The number of fused-ring (bicyclic) bond motifs is 2. The van der Waals surface area contributed by atoms with E-state index in [0.717, 1.165) is 28.6 Å². The lowest BCUT2D eigenvalue weighted by molar-refractivity contribution is 0.0733. The smallest absolute Gasteiger partial charge is 0.258 e. The van der Waals surface area contributed by atoms with Gasteiger partial charge in [-0.25, -0.2) is 9.97 Å². The van der Waals surface area contributed by atoms with Gasteiger partial charge in [-0.15, -0.1) is 0 Å². The van der Waals surface area contributed by atoms with Gasteiger partial charge < -0.3 is 4.90 Å². The number of nitrogens with zero attached hydrogens (tertiary/aromatic N) is 4. The summed E-state index contributed by atoms with van der Waals surface area (Å²) in [4.78, 5) is 40.6. The molecule has 0 spiro atoms. The first kappa shape index (κ1) is 20.8. The lowest BCUT2D eigenvalue weighted by Crippen LogP contribution is -2.36. The van der Waals surface area contributed by atoms with Crippen LogP contribution in [-0.2, 0) is 19.4 Å². The molecule has 0 bridgehead atoms. The van der Waals surface area contributed by atoms with Crippen LogP contribution in [0.5, 0.6) is 0 Å². The fraction of sp³-hybridized carbons (Fsp3) is 0.192. The van der Waals surface area contributed by atoms with Crippen molar-refractivity contribution < 1.29 is 9.59 Å². The molecule has 5 rings (SSSR count). The Morgan fingerprint density at radius 2 is 1.85 bits per heavy atom. The van der Waals surface area contributed by atoms with Crippen molar-refractivity contribution in [3.05, 3.63) is 94.9 Å². The van der Waals surface area contributed by atoms with E-state index in [4.69, 9.17) is 0 Å².